The number of carbonyl (C=O) groups excluding carboxylic acids is 2. The van der Waals surface area contributed by atoms with Gasteiger partial charge in [0.15, 0.2) is 11.6 Å². The average molecular weight is 412 g/mol. The second kappa shape index (κ2) is 8.63. The third kappa shape index (κ3) is 5.42. The number of halogens is 3. The van der Waals surface area contributed by atoms with Gasteiger partial charge in [-0.2, -0.15) is 0 Å². The number of nitrogens with one attached hydrogen (secondary N) is 1. The van der Waals surface area contributed by atoms with Crippen LogP contribution >= 0.6 is 0 Å². The van der Waals surface area contributed by atoms with E-state index in [-0.39, 0.29) is 17.6 Å². The molecular formula is C21H27F3N2O3. The minimum atomic E-state index is -1.33. The highest BCUT2D eigenvalue weighted by Gasteiger charge is 2.43. The van der Waals surface area contributed by atoms with Gasteiger partial charge in [-0.15, -0.1) is 0 Å². The average Bonchev–Trinajstić information content (AvgIpc) is 3.43. The van der Waals surface area contributed by atoms with Crippen molar-refractivity contribution < 1.29 is 27.5 Å². The summed E-state index contributed by atoms with van der Waals surface area (Å²) in [5, 5.41) is 2.68. The molecule has 2 aliphatic rings. The van der Waals surface area contributed by atoms with Crippen molar-refractivity contribution in [2.75, 3.05) is 19.6 Å². The number of benzene rings is 1. The molecule has 0 bridgehead atoms. The van der Waals surface area contributed by atoms with E-state index < -0.39 is 35.3 Å². The molecule has 2 amide bonds. The van der Waals surface area contributed by atoms with Crippen molar-refractivity contribution in [3.63, 3.8) is 0 Å². The summed E-state index contributed by atoms with van der Waals surface area (Å²) in [6.45, 7) is 5.50. The van der Waals surface area contributed by atoms with Crippen LogP contribution < -0.4 is 5.32 Å². The molecule has 0 unspecified atom stereocenters. The van der Waals surface area contributed by atoms with Crippen LogP contribution in [0.3, 0.4) is 0 Å². The van der Waals surface area contributed by atoms with Crippen LogP contribution in [-0.4, -0.2) is 42.1 Å². The number of ether oxygens (including phenoxy) is 1. The maximum absolute atomic E-state index is 13.7. The molecule has 1 N–H and O–H groups in total. The monoisotopic (exact) mass is 412 g/mol. The largest absolute Gasteiger partial charge is 0.443 e. The Morgan fingerprint density at radius 2 is 1.83 bits per heavy atom. The number of hydrogen-bond donors (Lipinski definition) is 1. The first-order chi connectivity index (χ1) is 13.7. The van der Waals surface area contributed by atoms with Crippen LogP contribution in [0.5, 0.6) is 0 Å². The summed E-state index contributed by atoms with van der Waals surface area (Å²) in [7, 11) is 0. The Balaban J connectivity index is 1.42. The van der Waals surface area contributed by atoms with E-state index in [9.17, 15) is 22.8 Å². The molecule has 1 aromatic carbocycles. The van der Waals surface area contributed by atoms with Crippen molar-refractivity contribution in [3.05, 3.63) is 35.1 Å². The predicted octanol–water partition coefficient (Wildman–Crippen LogP) is 3.80. The quantitative estimate of drug-likeness (QED) is 0.723. The van der Waals surface area contributed by atoms with Gasteiger partial charge < -0.3 is 15.0 Å². The lowest BCUT2D eigenvalue weighted by Gasteiger charge is -2.35. The summed E-state index contributed by atoms with van der Waals surface area (Å²) in [6, 6.07) is 1.51. The number of amides is 2. The van der Waals surface area contributed by atoms with Gasteiger partial charge in [-0.25, -0.2) is 18.0 Å². The Kier molecular flexibility index (Phi) is 6.39. The lowest BCUT2D eigenvalue weighted by molar-refractivity contribution is -0.120. The molecule has 1 aromatic rings. The van der Waals surface area contributed by atoms with Crippen LogP contribution in [-0.2, 0) is 16.0 Å². The zero-order chi connectivity index (χ0) is 21.2. The van der Waals surface area contributed by atoms with E-state index in [4.69, 9.17) is 4.74 Å². The van der Waals surface area contributed by atoms with Crippen molar-refractivity contribution in [2.45, 2.75) is 51.6 Å². The lowest BCUT2D eigenvalue weighted by atomic mass is 9.85. The Bertz CT molecular complexity index is 775. The molecule has 8 heteroatoms. The van der Waals surface area contributed by atoms with E-state index >= 15 is 0 Å². The number of piperidine rings is 1. The van der Waals surface area contributed by atoms with Crippen molar-refractivity contribution in [1.29, 1.82) is 0 Å². The number of nitrogens with zero attached hydrogens (tertiary/aromatic N) is 1. The minimum Gasteiger partial charge on any atom is -0.443 e. The van der Waals surface area contributed by atoms with Gasteiger partial charge >= 0.3 is 6.09 Å². The van der Waals surface area contributed by atoms with E-state index in [1.165, 1.54) is 0 Å². The maximum atomic E-state index is 13.7. The van der Waals surface area contributed by atoms with Crippen LogP contribution in [0.15, 0.2) is 12.1 Å². The molecule has 0 radical (unpaired) electrons. The summed E-state index contributed by atoms with van der Waals surface area (Å²) in [6.07, 6.45) is 2.62. The highest BCUT2D eigenvalue weighted by molar-refractivity contribution is 5.78. The highest BCUT2D eigenvalue weighted by atomic mass is 19.2. The highest BCUT2D eigenvalue weighted by Crippen LogP contribution is 2.39. The Labute approximate surface area is 168 Å². The zero-order valence-corrected chi connectivity index (χ0v) is 16.8. The number of hydrogen-bond acceptors (Lipinski definition) is 3. The van der Waals surface area contributed by atoms with Crippen LogP contribution in [0, 0.1) is 29.3 Å². The molecule has 1 aliphatic heterocycles. The van der Waals surface area contributed by atoms with Crippen LogP contribution in [0.1, 0.15) is 45.1 Å². The Hall–Kier alpha value is -2.25. The molecule has 1 atom stereocenters. The second-order valence-corrected chi connectivity index (χ2v) is 8.42. The SMILES string of the molecule is C[C@H](CNC(=O)Cc1c(F)ccc(F)c1F)C1CCN(C(=O)OC2(C)CC2)CC1. The van der Waals surface area contributed by atoms with E-state index in [0.717, 1.165) is 31.7 Å². The van der Waals surface area contributed by atoms with E-state index in [2.05, 4.69) is 5.32 Å². The molecule has 1 saturated heterocycles. The van der Waals surface area contributed by atoms with Gasteiger partial charge in [-0.3, -0.25) is 4.79 Å². The van der Waals surface area contributed by atoms with E-state index in [0.29, 0.717) is 31.6 Å². The fourth-order valence-corrected chi connectivity index (χ4v) is 3.60. The summed E-state index contributed by atoms with van der Waals surface area (Å²) in [4.78, 5) is 25.9. The van der Waals surface area contributed by atoms with Gasteiger partial charge in [-0.05, 0) is 56.6 Å². The Morgan fingerprint density at radius 3 is 2.45 bits per heavy atom. The lowest BCUT2D eigenvalue weighted by Crippen LogP contribution is -2.43. The molecular weight excluding hydrogens is 385 g/mol. The molecule has 160 valence electrons. The minimum absolute atomic E-state index is 0.139. The topological polar surface area (TPSA) is 58.6 Å². The third-order valence-corrected chi connectivity index (χ3v) is 5.99. The molecule has 1 aliphatic carbocycles. The zero-order valence-electron chi connectivity index (χ0n) is 16.8. The summed E-state index contributed by atoms with van der Waals surface area (Å²) in [5.41, 5.74) is -0.849. The number of carbonyl (C=O) groups is 2. The third-order valence-electron chi connectivity index (χ3n) is 5.99. The van der Waals surface area contributed by atoms with Gasteiger partial charge in [0.25, 0.3) is 0 Å². The van der Waals surface area contributed by atoms with Crippen molar-refractivity contribution in [2.24, 2.45) is 11.8 Å². The number of likely N-dealkylation sites (tertiary alicyclic amines) is 1. The van der Waals surface area contributed by atoms with Crippen LogP contribution in [0.4, 0.5) is 18.0 Å². The molecule has 0 aromatic heterocycles. The first-order valence-electron chi connectivity index (χ1n) is 10.1. The first-order valence-corrected chi connectivity index (χ1v) is 10.1. The maximum Gasteiger partial charge on any atom is 0.410 e. The molecule has 1 saturated carbocycles. The Morgan fingerprint density at radius 1 is 1.21 bits per heavy atom. The van der Waals surface area contributed by atoms with E-state index in [1.54, 1.807) is 4.90 Å². The first kappa shape index (κ1) is 21.5. The van der Waals surface area contributed by atoms with Gasteiger partial charge in [0, 0.05) is 25.2 Å². The van der Waals surface area contributed by atoms with Crippen LogP contribution in [0.2, 0.25) is 0 Å². The van der Waals surface area contributed by atoms with Crippen LogP contribution in [0.25, 0.3) is 0 Å². The smallest absolute Gasteiger partial charge is 0.410 e. The van der Waals surface area contributed by atoms with E-state index in [1.807, 2.05) is 13.8 Å². The normalized spacial score (nSPS) is 19.6. The standard InChI is InChI=1S/C21H27F3N2O3/c1-13(12-25-18(27)11-15-16(22)3-4-17(23)19(15)24)14-5-9-26(10-6-14)20(28)29-21(2)7-8-21/h3-4,13-14H,5-12H2,1-2H3,(H,25,27)/t13-/m1/s1. The molecule has 1 heterocycles. The fraction of sp³-hybridized carbons (Fsp3) is 0.619. The van der Waals surface area contributed by atoms with Gasteiger partial charge in [0.2, 0.25) is 5.91 Å². The molecule has 29 heavy (non-hydrogen) atoms. The van der Waals surface area contributed by atoms with Crippen molar-refractivity contribution >= 4 is 12.0 Å². The second-order valence-electron chi connectivity index (χ2n) is 8.42. The molecule has 0 spiro atoms. The summed E-state index contributed by atoms with van der Waals surface area (Å²) in [5.74, 6) is -3.54. The fourth-order valence-electron chi connectivity index (χ4n) is 3.60. The van der Waals surface area contributed by atoms with Gasteiger partial charge in [-0.1, -0.05) is 6.92 Å². The number of rotatable bonds is 6. The molecule has 5 nitrogen and oxygen atoms in total. The predicted molar refractivity (Wildman–Crippen MR) is 101 cm³/mol. The molecule has 2 fully saturated rings. The van der Waals surface area contributed by atoms with Crippen molar-refractivity contribution in [1.82, 2.24) is 10.2 Å². The summed E-state index contributed by atoms with van der Waals surface area (Å²) >= 11 is 0. The molecule has 3 rings (SSSR count). The summed E-state index contributed by atoms with van der Waals surface area (Å²) < 4.78 is 46.1. The van der Waals surface area contributed by atoms with Gasteiger partial charge in [0.1, 0.15) is 11.4 Å². The van der Waals surface area contributed by atoms with Crippen molar-refractivity contribution in [3.8, 4) is 0 Å². The van der Waals surface area contributed by atoms with Gasteiger partial charge in [0.05, 0.1) is 6.42 Å².